The van der Waals surface area contributed by atoms with E-state index in [0.29, 0.717) is 21.8 Å². The van der Waals surface area contributed by atoms with Crippen molar-refractivity contribution in [2.45, 2.75) is 0 Å². The second kappa shape index (κ2) is 3.06. The molecule has 78 valence electrons. The number of rotatable bonds is 0. The standard InChI is InChI=1S/C12H8N2O2/c15-9-3-5-14-12-8(9)6-10(16)7-2-1-4-13-11(7)12/h1-6,16H,(H,14,15). The van der Waals surface area contributed by atoms with Crippen LogP contribution in [0.5, 0.6) is 5.75 Å². The van der Waals surface area contributed by atoms with E-state index >= 15 is 0 Å². The molecule has 16 heavy (non-hydrogen) atoms. The van der Waals surface area contributed by atoms with Crippen molar-refractivity contribution in [3.63, 3.8) is 0 Å². The van der Waals surface area contributed by atoms with Crippen LogP contribution >= 0.6 is 0 Å². The van der Waals surface area contributed by atoms with E-state index in [0.717, 1.165) is 0 Å². The molecule has 0 saturated heterocycles. The topological polar surface area (TPSA) is 66.0 Å². The number of pyridine rings is 2. The third-order valence-corrected chi connectivity index (χ3v) is 2.60. The molecule has 2 N–H and O–H groups in total. The van der Waals surface area contributed by atoms with Crippen LogP contribution in [0.4, 0.5) is 0 Å². The number of fused-ring (bicyclic) bond motifs is 3. The van der Waals surface area contributed by atoms with Crippen molar-refractivity contribution in [1.29, 1.82) is 0 Å². The Kier molecular flexibility index (Phi) is 1.71. The van der Waals surface area contributed by atoms with E-state index in [4.69, 9.17) is 0 Å². The van der Waals surface area contributed by atoms with Crippen LogP contribution in [-0.2, 0) is 0 Å². The number of aromatic nitrogens is 2. The van der Waals surface area contributed by atoms with Crippen molar-refractivity contribution in [1.82, 2.24) is 9.97 Å². The number of phenolic OH excluding ortho intramolecular Hbond substituents is 1. The second-order valence-electron chi connectivity index (χ2n) is 3.56. The Morgan fingerprint density at radius 3 is 3.00 bits per heavy atom. The van der Waals surface area contributed by atoms with Crippen LogP contribution in [0.15, 0.2) is 41.5 Å². The molecule has 0 amide bonds. The van der Waals surface area contributed by atoms with Gasteiger partial charge in [0.2, 0.25) is 0 Å². The van der Waals surface area contributed by atoms with Crippen LogP contribution in [0.2, 0.25) is 0 Å². The molecule has 4 nitrogen and oxygen atoms in total. The molecule has 0 fully saturated rings. The fourth-order valence-corrected chi connectivity index (χ4v) is 1.86. The average molecular weight is 212 g/mol. The van der Waals surface area contributed by atoms with Crippen LogP contribution in [0.3, 0.4) is 0 Å². The monoisotopic (exact) mass is 212 g/mol. The summed E-state index contributed by atoms with van der Waals surface area (Å²) >= 11 is 0. The summed E-state index contributed by atoms with van der Waals surface area (Å²) in [4.78, 5) is 18.8. The summed E-state index contributed by atoms with van der Waals surface area (Å²) in [5.74, 6) is 0.0762. The highest BCUT2D eigenvalue weighted by molar-refractivity contribution is 6.05. The van der Waals surface area contributed by atoms with E-state index in [9.17, 15) is 9.90 Å². The number of H-pyrrole nitrogens is 1. The van der Waals surface area contributed by atoms with Gasteiger partial charge in [-0.25, -0.2) is 0 Å². The molecule has 1 aromatic carbocycles. The molecule has 3 rings (SSSR count). The fourth-order valence-electron chi connectivity index (χ4n) is 1.86. The second-order valence-corrected chi connectivity index (χ2v) is 3.56. The summed E-state index contributed by atoms with van der Waals surface area (Å²) < 4.78 is 0. The first-order valence-electron chi connectivity index (χ1n) is 4.85. The van der Waals surface area contributed by atoms with Gasteiger partial charge in [0.1, 0.15) is 5.75 Å². The Morgan fingerprint density at radius 2 is 2.12 bits per heavy atom. The molecular weight excluding hydrogens is 204 g/mol. The van der Waals surface area contributed by atoms with E-state index in [1.807, 2.05) is 0 Å². The Hall–Kier alpha value is -2.36. The predicted molar refractivity (Wildman–Crippen MR) is 61.5 cm³/mol. The number of phenols is 1. The lowest BCUT2D eigenvalue weighted by Crippen LogP contribution is -2.00. The molecule has 0 spiro atoms. The highest BCUT2D eigenvalue weighted by atomic mass is 16.3. The zero-order chi connectivity index (χ0) is 11.1. The molecule has 2 heterocycles. The van der Waals surface area contributed by atoms with Crippen LogP contribution in [0.1, 0.15) is 0 Å². The minimum absolute atomic E-state index is 0.0762. The fraction of sp³-hybridized carbons (Fsp3) is 0. The molecule has 0 saturated carbocycles. The molecule has 0 aliphatic rings. The van der Waals surface area contributed by atoms with Crippen molar-refractivity contribution in [2.24, 2.45) is 0 Å². The first-order chi connectivity index (χ1) is 7.77. The third kappa shape index (κ3) is 1.10. The summed E-state index contributed by atoms with van der Waals surface area (Å²) in [5, 5.41) is 10.9. The van der Waals surface area contributed by atoms with Gasteiger partial charge in [-0.3, -0.25) is 9.78 Å². The SMILES string of the molecule is O=c1cc[nH]c2c1cc(O)c1cccnc12. The lowest BCUT2D eigenvalue weighted by Gasteiger charge is -2.04. The number of hydrogen-bond acceptors (Lipinski definition) is 3. The van der Waals surface area contributed by atoms with Gasteiger partial charge >= 0.3 is 0 Å². The molecule has 0 radical (unpaired) electrons. The van der Waals surface area contributed by atoms with Crippen LogP contribution in [0, 0.1) is 0 Å². The molecule has 2 aromatic heterocycles. The third-order valence-electron chi connectivity index (χ3n) is 2.60. The molecule has 4 heteroatoms. The zero-order valence-electron chi connectivity index (χ0n) is 8.27. The average Bonchev–Trinajstić information content (AvgIpc) is 2.31. The van der Waals surface area contributed by atoms with Crippen molar-refractivity contribution in [3.8, 4) is 5.75 Å². The van der Waals surface area contributed by atoms with Gasteiger partial charge in [0.25, 0.3) is 0 Å². The molecule has 0 unspecified atom stereocenters. The van der Waals surface area contributed by atoms with Gasteiger partial charge in [-0.2, -0.15) is 0 Å². The Morgan fingerprint density at radius 1 is 1.25 bits per heavy atom. The summed E-state index contributed by atoms with van der Waals surface area (Å²) in [6, 6.07) is 6.41. The highest BCUT2D eigenvalue weighted by Gasteiger charge is 2.08. The predicted octanol–water partition coefficient (Wildman–Crippen LogP) is 1.78. The Balaban J connectivity index is 2.70. The van der Waals surface area contributed by atoms with Crippen LogP contribution in [-0.4, -0.2) is 15.1 Å². The van der Waals surface area contributed by atoms with E-state index in [-0.39, 0.29) is 11.2 Å². The highest BCUT2D eigenvalue weighted by Crippen LogP contribution is 2.28. The van der Waals surface area contributed by atoms with Gasteiger partial charge in [-0.15, -0.1) is 0 Å². The maximum absolute atomic E-state index is 11.6. The maximum atomic E-state index is 11.6. The lowest BCUT2D eigenvalue weighted by atomic mass is 10.1. The van der Waals surface area contributed by atoms with E-state index in [1.165, 1.54) is 12.1 Å². The molecule has 0 atom stereocenters. The summed E-state index contributed by atoms with van der Waals surface area (Å²) in [5.41, 5.74) is 1.13. The lowest BCUT2D eigenvalue weighted by molar-refractivity contribution is 0.482. The summed E-state index contributed by atoms with van der Waals surface area (Å²) in [6.07, 6.45) is 3.21. The van der Waals surface area contributed by atoms with Gasteiger partial charge in [0.05, 0.1) is 16.4 Å². The van der Waals surface area contributed by atoms with Crippen molar-refractivity contribution >= 4 is 21.8 Å². The van der Waals surface area contributed by atoms with Crippen LogP contribution in [0.25, 0.3) is 21.8 Å². The number of aromatic amines is 1. The van der Waals surface area contributed by atoms with Crippen molar-refractivity contribution in [2.75, 3.05) is 0 Å². The minimum atomic E-state index is -0.128. The minimum Gasteiger partial charge on any atom is -0.507 e. The summed E-state index contributed by atoms with van der Waals surface area (Å²) in [6.45, 7) is 0. The molecule has 0 aliphatic carbocycles. The van der Waals surface area contributed by atoms with Crippen LogP contribution < -0.4 is 5.43 Å². The van der Waals surface area contributed by atoms with Crippen molar-refractivity contribution in [3.05, 3.63) is 46.9 Å². The maximum Gasteiger partial charge on any atom is 0.189 e. The number of nitrogens with one attached hydrogen (secondary N) is 1. The van der Waals surface area contributed by atoms with Gasteiger partial charge < -0.3 is 10.1 Å². The van der Waals surface area contributed by atoms with Gasteiger partial charge in [0, 0.05) is 23.8 Å². The van der Waals surface area contributed by atoms with Gasteiger partial charge in [-0.05, 0) is 18.2 Å². The number of benzene rings is 1. The summed E-state index contributed by atoms with van der Waals surface area (Å²) in [7, 11) is 0. The van der Waals surface area contributed by atoms with Crippen molar-refractivity contribution < 1.29 is 5.11 Å². The number of nitrogens with zero attached hydrogens (tertiary/aromatic N) is 1. The molecule has 0 aliphatic heterocycles. The van der Waals surface area contributed by atoms with E-state index in [1.54, 1.807) is 24.5 Å². The van der Waals surface area contributed by atoms with E-state index in [2.05, 4.69) is 9.97 Å². The molecular formula is C12H8N2O2. The number of aromatic hydroxyl groups is 1. The molecule has 3 aromatic rings. The first kappa shape index (κ1) is 8.91. The van der Waals surface area contributed by atoms with Gasteiger partial charge in [0.15, 0.2) is 5.43 Å². The Bertz CT molecular complexity index is 747. The van der Waals surface area contributed by atoms with E-state index < -0.39 is 0 Å². The Labute approximate surface area is 90.2 Å². The smallest absolute Gasteiger partial charge is 0.189 e. The molecule has 0 bridgehead atoms. The normalized spacial score (nSPS) is 11.0. The number of hydrogen-bond donors (Lipinski definition) is 2. The largest absolute Gasteiger partial charge is 0.507 e. The quantitative estimate of drug-likeness (QED) is 0.558. The zero-order valence-corrected chi connectivity index (χ0v) is 8.27. The first-order valence-corrected chi connectivity index (χ1v) is 4.85. The van der Waals surface area contributed by atoms with Gasteiger partial charge in [-0.1, -0.05) is 0 Å².